The van der Waals surface area contributed by atoms with E-state index >= 15 is 0 Å². The minimum Gasteiger partial charge on any atom is -0.466 e. The number of nitrogens with zero attached hydrogens (tertiary/aromatic N) is 1. The molecule has 2 aromatic carbocycles. The highest BCUT2D eigenvalue weighted by Crippen LogP contribution is 2.40. The summed E-state index contributed by atoms with van der Waals surface area (Å²) in [6.45, 7) is 3.39. The van der Waals surface area contributed by atoms with Crippen molar-refractivity contribution in [2.24, 2.45) is 0 Å². The molecule has 0 saturated heterocycles. The lowest BCUT2D eigenvalue weighted by molar-refractivity contribution is -0.384. The van der Waals surface area contributed by atoms with Crippen LogP contribution in [-0.2, 0) is 19.1 Å². The molecule has 0 aliphatic carbocycles. The van der Waals surface area contributed by atoms with Crippen molar-refractivity contribution in [3.63, 3.8) is 0 Å². The number of non-ortho nitro benzene ring substituents is 1. The van der Waals surface area contributed by atoms with Gasteiger partial charge < -0.3 is 14.8 Å². The van der Waals surface area contributed by atoms with Gasteiger partial charge in [-0.05, 0) is 31.1 Å². The van der Waals surface area contributed by atoms with E-state index in [0.717, 1.165) is 5.56 Å². The van der Waals surface area contributed by atoms with Crippen LogP contribution in [0.15, 0.2) is 83.2 Å². The Bertz CT molecular complexity index is 1160. The van der Waals surface area contributed by atoms with Crippen molar-refractivity contribution in [3.05, 3.63) is 104 Å². The predicted molar refractivity (Wildman–Crippen MR) is 123 cm³/mol. The molecule has 1 heterocycles. The van der Waals surface area contributed by atoms with Crippen LogP contribution in [0.25, 0.3) is 6.08 Å². The zero-order valence-corrected chi connectivity index (χ0v) is 18.5. The molecule has 1 N–H and O–H groups in total. The Balaban J connectivity index is 1.95. The number of nitrogens with one attached hydrogen (secondary N) is 1. The largest absolute Gasteiger partial charge is 0.466 e. The van der Waals surface area contributed by atoms with Crippen LogP contribution in [0.4, 0.5) is 5.69 Å². The molecule has 0 unspecified atom stereocenters. The van der Waals surface area contributed by atoms with Crippen LogP contribution < -0.4 is 5.32 Å². The maximum Gasteiger partial charge on any atom is 0.337 e. The molecule has 1 aliphatic rings. The number of carbonyl (C=O) groups is 2. The molecule has 8 nitrogen and oxygen atoms in total. The third-order valence-corrected chi connectivity index (χ3v) is 5.22. The fraction of sp³-hybridized carbons (Fsp3) is 0.200. The molecule has 0 bridgehead atoms. The number of benzene rings is 2. The molecule has 1 atom stereocenters. The number of nitro benzene ring substituents is 1. The van der Waals surface area contributed by atoms with Gasteiger partial charge in [0.2, 0.25) is 0 Å². The number of allylic oxidation sites excluding steroid dienone is 2. The van der Waals surface area contributed by atoms with Gasteiger partial charge in [0.25, 0.3) is 5.69 Å². The molecule has 0 fully saturated rings. The van der Waals surface area contributed by atoms with E-state index in [1.165, 1.54) is 25.3 Å². The molecule has 0 amide bonds. The number of carbonyl (C=O) groups excluding carboxylic acids is 2. The first-order valence-corrected chi connectivity index (χ1v) is 10.2. The van der Waals surface area contributed by atoms with E-state index in [1.807, 2.05) is 36.4 Å². The van der Waals surface area contributed by atoms with Crippen molar-refractivity contribution in [3.8, 4) is 0 Å². The highest BCUT2D eigenvalue weighted by molar-refractivity contribution is 6.00. The van der Waals surface area contributed by atoms with Crippen molar-refractivity contribution in [2.45, 2.75) is 19.8 Å². The third kappa shape index (κ3) is 5.35. The summed E-state index contributed by atoms with van der Waals surface area (Å²) in [5.74, 6) is -2.16. The minimum absolute atomic E-state index is 0.0163. The molecule has 0 aromatic heterocycles. The number of rotatable bonds is 7. The maximum absolute atomic E-state index is 13.1. The number of methoxy groups -OCH3 is 1. The number of nitro groups is 1. The van der Waals surface area contributed by atoms with E-state index in [0.29, 0.717) is 17.0 Å². The van der Waals surface area contributed by atoms with Crippen molar-refractivity contribution in [2.75, 3.05) is 13.7 Å². The summed E-state index contributed by atoms with van der Waals surface area (Å²) < 4.78 is 10.4. The second-order valence-corrected chi connectivity index (χ2v) is 7.39. The Kier molecular flexibility index (Phi) is 7.40. The van der Waals surface area contributed by atoms with Crippen molar-refractivity contribution >= 4 is 23.7 Å². The van der Waals surface area contributed by atoms with Crippen LogP contribution in [0.2, 0.25) is 0 Å². The summed E-state index contributed by atoms with van der Waals surface area (Å²) in [6, 6.07) is 15.4. The van der Waals surface area contributed by atoms with Crippen LogP contribution in [0.5, 0.6) is 0 Å². The van der Waals surface area contributed by atoms with Gasteiger partial charge in [-0.15, -0.1) is 0 Å². The summed E-state index contributed by atoms with van der Waals surface area (Å²) in [5, 5.41) is 14.4. The first kappa shape index (κ1) is 23.5. The quantitative estimate of drug-likeness (QED) is 0.383. The minimum atomic E-state index is -0.885. The van der Waals surface area contributed by atoms with Crippen molar-refractivity contribution < 1.29 is 24.0 Å². The van der Waals surface area contributed by atoms with Gasteiger partial charge in [-0.2, -0.15) is 0 Å². The van der Waals surface area contributed by atoms with Crippen LogP contribution in [0.3, 0.4) is 0 Å². The second kappa shape index (κ2) is 10.4. The van der Waals surface area contributed by atoms with Crippen molar-refractivity contribution in [1.82, 2.24) is 5.32 Å². The Morgan fingerprint density at radius 2 is 1.70 bits per heavy atom. The normalized spacial score (nSPS) is 15.9. The zero-order chi connectivity index (χ0) is 24.0. The lowest BCUT2D eigenvalue weighted by Crippen LogP contribution is -2.32. The Labute approximate surface area is 191 Å². The number of esters is 2. The lowest BCUT2D eigenvalue weighted by atomic mass is 9.80. The van der Waals surface area contributed by atoms with E-state index in [-0.39, 0.29) is 23.4 Å². The molecule has 0 spiro atoms. The summed E-state index contributed by atoms with van der Waals surface area (Å²) >= 11 is 0. The molecule has 1 aliphatic heterocycles. The van der Waals surface area contributed by atoms with Gasteiger partial charge in [0, 0.05) is 23.5 Å². The molecule has 2 aromatic rings. The fourth-order valence-electron chi connectivity index (χ4n) is 3.75. The Morgan fingerprint density at radius 3 is 2.33 bits per heavy atom. The highest BCUT2D eigenvalue weighted by Gasteiger charge is 2.38. The number of dihydropyridines is 1. The monoisotopic (exact) mass is 448 g/mol. The van der Waals surface area contributed by atoms with E-state index < -0.39 is 22.8 Å². The van der Waals surface area contributed by atoms with Gasteiger partial charge in [0.05, 0.1) is 29.1 Å². The summed E-state index contributed by atoms with van der Waals surface area (Å²) in [5.41, 5.74) is 2.60. The molecular formula is C25H24N2O6. The maximum atomic E-state index is 13.1. The van der Waals surface area contributed by atoms with Gasteiger partial charge in [0.15, 0.2) is 0 Å². The number of ether oxygens (including phenoxy) is 2. The van der Waals surface area contributed by atoms with Crippen LogP contribution in [0.1, 0.15) is 30.9 Å². The third-order valence-electron chi connectivity index (χ3n) is 5.22. The molecule has 0 saturated carbocycles. The zero-order valence-electron chi connectivity index (χ0n) is 18.5. The average molecular weight is 448 g/mol. The van der Waals surface area contributed by atoms with E-state index in [4.69, 9.17) is 9.47 Å². The standard InChI is InChI=1S/C25H24N2O6/c1-16-21(24(28)32-3)23(19-12-7-13-20(15-19)27(30)31)22(17(2)26-16)25(29)33-14-8-11-18-9-5-4-6-10-18/h4-13,15,23,26H,14H2,1-3H3/b11-8-/t23-/m1/s1. The summed E-state index contributed by atoms with van der Waals surface area (Å²) in [7, 11) is 1.24. The average Bonchev–Trinajstić information content (AvgIpc) is 2.81. The summed E-state index contributed by atoms with van der Waals surface area (Å²) in [4.78, 5) is 36.6. The van der Waals surface area contributed by atoms with Crippen molar-refractivity contribution in [1.29, 1.82) is 0 Å². The van der Waals surface area contributed by atoms with Crippen LogP contribution >= 0.6 is 0 Å². The van der Waals surface area contributed by atoms with E-state index in [1.54, 1.807) is 26.0 Å². The van der Waals surface area contributed by atoms with Gasteiger partial charge >= 0.3 is 11.9 Å². The van der Waals surface area contributed by atoms with Gasteiger partial charge in [-0.3, -0.25) is 10.1 Å². The van der Waals surface area contributed by atoms with Gasteiger partial charge in [0.1, 0.15) is 6.61 Å². The first-order chi connectivity index (χ1) is 15.8. The predicted octanol–water partition coefficient (Wildman–Crippen LogP) is 4.26. The summed E-state index contributed by atoms with van der Waals surface area (Å²) in [6.07, 6.45) is 3.54. The Morgan fingerprint density at radius 1 is 1.03 bits per heavy atom. The van der Waals surface area contributed by atoms with E-state index in [2.05, 4.69) is 5.32 Å². The number of hydrogen-bond donors (Lipinski definition) is 1. The van der Waals surface area contributed by atoms with E-state index in [9.17, 15) is 19.7 Å². The molecule has 33 heavy (non-hydrogen) atoms. The van der Waals surface area contributed by atoms with Gasteiger partial charge in [-0.25, -0.2) is 9.59 Å². The first-order valence-electron chi connectivity index (χ1n) is 10.2. The molecule has 0 radical (unpaired) electrons. The smallest absolute Gasteiger partial charge is 0.337 e. The SMILES string of the molecule is COC(=O)C1=C(C)NC(C)=C(C(=O)OC/C=C\c2ccccc2)[C@@H]1c1cccc([N+](=O)[O-])c1. The van der Waals surface area contributed by atoms with Crippen LogP contribution in [-0.4, -0.2) is 30.6 Å². The molecule has 170 valence electrons. The lowest BCUT2D eigenvalue weighted by Gasteiger charge is -2.30. The molecule has 3 rings (SSSR count). The topological polar surface area (TPSA) is 108 Å². The highest BCUT2D eigenvalue weighted by atomic mass is 16.6. The second-order valence-electron chi connectivity index (χ2n) is 7.39. The molecular weight excluding hydrogens is 424 g/mol. The molecule has 8 heteroatoms. The van der Waals surface area contributed by atoms with Gasteiger partial charge in [-0.1, -0.05) is 48.5 Å². The number of hydrogen-bond acceptors (Lipinski definition) is 7. The Hall–Kier alpha value is -4.20. The van der Waals surface area contributed by atoms with Crippen LogP contribution in [0, 0.1) is 10.1 Å². The fourth-order valence-corrected chi connectivity index (χ4v) is 3.75.